The molecule has 1 N–H and O–H groups in total. The van der Waals surface area contributed by atoms with Crippen molar-refractivity contribution in [2.45, 2.75) is 31.7 Å². The van der Waals surface area contributed by atoms with Crippen LogP contribution in [0.3, 0.4) is 0 Å². The zero-order chi connectivity index (χ0) is 16.8. The van der Waals surface area contributed by atoms with E-state index in [0.29, 0.717) is 25.8 Å². The number of aryl methyl sites for hydroxylation is 1. The van der Waals surface area contributed by atoms with E-state index < -0.39 is 6.04 Å². The van der Waals surface area contributed by atoms with Crippen molar-refractivity contribution < 1.29 is 9.59 Å². The molecule has 124 valence electrons. The number of hydrogen-bond donors (Lipinski definition) is 1. The fourth-order valence-electron chi connectivity index (χ4n) is 2.85. The second-order valence-electron chi connectivity index (χ2n) is 5.82. The van der Waals surface area contributed by atoms with Gasteiger partial charge >= 0.3 is 0 Å². The Labute approximate surface area is 140 Å². The van der Waals surface area contributed by atoms with Gasteiger partial charge in [0.05, 0.1) is 11.9 Å². The first kappa shape index (κ1) is 16.1. The number of amides is 2. The van der Waals surface area contributed by atoms with Crippen LogP contribution in [0, 0.1) is 0 Å². The highest BCUT2D eigenvalue weighted by Gasteiger charge is 2.30. The zero-order valence-electron chi connectivity index (χ0n) is 13.4. The summed E-state index contributed by atoms with van der Waals surface area (Å²) < 4.78 is 0. The molecule has 0 radical (unpaired) electrons. The predicted octanol–water partition coefficient (Wildman–Crippen LogP) is 1.72. The minimum atomic E-state index is -0.455. The molecular weight excluding hydrogens is 304 g/mol. The molecule has 6 nitrogen and oxygen atoms in total. The lowest BCUT2D eigenvalue weighted by Crippen LogP contribution is -2.52. The second kappa shape index (κ2) is 7.68. The summed E-state index contributed by atoms with van der Waals surface area (Å²) in [6.07, 6.45) is 9.31. The van der Waals surface area contributed by atoms with Gasteiger partial charge in [-0.25, -0.2) is 0 Å². The van der Waals surface area contributed by atoms with E-state index in [1.165, 1.54) is 0 Å². The highest BCUT2D eigenvalue weighted by Crippen LogP contribution is 2.20. The van der Waals surface area contributed by atoms with Crippen LogP contribution in [0.2, 0.25) is 0 Å². The number of anilines is 1. The molecule has 6 heteroatoms. The summed E-state index contributed by atoms with van der Waals surface area (Å²) in [5.41, 5.74) is 1.84. The standard InChI is InChI=1S/C18H20N4O2/c23-17(6-5-14-7-10-19-11-8-14)21-16-4-2-12-22(18(16)24)15-3-1-9-20-13-15/h1,3,7-11,13,16H,2,4-6,12H2,(H,21,23)/t16-/m1/s1. The molecule has 0 aliphatic carbocycles. The molecule has 0 spiro atoms. The Balaban J connectivity index is 1.56. The fourth-order valence-corrected chi connectivity index (χ4v) is 2.85. The summed E-state index contributed by atoms with van der Waals surface area (Å²) in [5.74, 6) is -0.162. The largest absolute Gasteiger partial charge is 0.344 e. The van der Waals surface area contributed by atoms with Gasteiger partial charge in [0.25, 0.3) is 0 Å². The zero-order valence-corrected chi connectivity index (χ0v) is 13.4. The van der Waals surface area contributed by atoms with Gasteiger partial charge in [0.1, 0.15) is 6.04 Å². The van der Waals surface area contributed by atoms with Crippen molar-refractivity contribution in [3.8, 4) is 0 Å². The quantitative estimate of drug-likeness (QED) is 0.909. The summed E-state index contributed by atoms with van der Waals surface area (Å²) in [7, 11) is 0. The SMILES string of the molecule is O=C(CCc1ccncc1)N[C@@H]1CCCN(c2cccnc2)C1=O. The van der Waals surface area contributed by atoms with Crippen LogP contribution >= 0.6 is 0 Å². The third-order valence-electron chi connectivity index (χ3n) is 4.12. The van der Waals surface area contributed by atoms with Crippen LogP contribution in [-0.4, -0.2) is 34.4 Å². The third kappa shape index (κ3) is 3.95. The number of nitrogens with one attached hydrogen (secondary N) is 1. The van der Waals surface area contributed by atoms with Gasteiger partial charge in [-0.2, -0.15) is 0 Å². The van der Waals surface area contributed by atoms with Crippen LogP contribution in [0.5, 0.6) is 0 Å². The number of piperidine rings is 1. The van der Waals surface area contributed by atoms with Crippen molar-refractivity contribution >= 4 is 17.5 Å². The number of nitrogens with zero attached hydrogens (tertiary/aromatic N) is 3. The smallest absolute Gasteiger partial charge is 0.249 e. The van der Waals surface area contributed by atoms with Gasteiger partial charge in [0.2, 0.25) is 11.8 Å². The minimum absolute atomic E-state index is 0.0634. The van der Waals surface area contributed by atoms with Gasteiger partial charge < -0.3 is 10.2 Å². The van der Waals surface area contributed by atoms with Gasteiger partial charge in [-0.3, -0.25) is 19.6 Å². The van der Waals surface area contributed by atoms with Crippen LogP contribution < -0.4 is 10.2 Å². The number of rotatable bonds is 5. The Hall–Kier alpha value is -2.76. The Morgan fingerprint density at radius 3 is 2.79 bits per heavy atom. The topological polar surface area (TPSA) is 75.2 Å². The molecule has 1 aliphatic rings. The van der Waals surface area contributed by atoms with E-state index in [-0.39, 0.29) is 11.8 Å². The molecule has 1 aliphatic heterocycles. The average molecular weight is 324 g/mol. The monoisotopic (exact) mass is 324 g/mol. The molecule has 1 saturated heterocycles. The molecule has 3 rings (SSSR count). The molecular formula is C18H20N4O2. The number of pyridine rings is 2. The molecule has 0 bridgehead atoms. The highest BCUT2D eigenvalue weighted by atomic mass is 16.2. The van der Waals surface area contributed by atoms with Gasteiger partial charge in [0.15, 0.2) is 0 Å². The first-order valence-corrected chi connectivity index (χ1v) is 8.14. The molecule has 3 heterocycles. The van der Waals surface area contributed by atoms with Crippen LogP contribution in [0.1, 0.15) is 24.8 Å². The summed E-state index contributed by atoms with van der Waals surface area (Å²) in [5, 5.41) is 2.87. The summed E-state index contributed by atoms with van der Waals surface area (Å²) >= 11 is 0. The molecule has 2 aromatic rings. The van der Waals surface area contributed by atoms with E-state index in [2.05, 4.69) is 15.3 Å². The number of carbonyl (C=O) groups excluding carboxylic acids is 2. The van der Waals surface area contributed by atoms with Crippen molar-refractivity contribution in [1.82, 2.24) is 15.3 Å². The average Bonchev–Trinajstić information content (AvgIpc) is 2.63. The summed E-state index contributed by atoms with van der Waals surface area (Å²) in [4.78, 5) is 34.5. The molecule has 1 fully saturated rings. The van der Waals surface area contributed by atoms with Crippen molar-refractivity contribution in [3.05, 3.63) is 54.6 Å². The Bertz CT molecular complexity index is 691. The maximum atomic E-state index is 12.6. The minimum Gasteiger partial charge on any atom is -0.344 e. The predicted molar refractivity (Wildman–Crippen MR) is 90.3 cm³/mol. The highest BCUT2D eigenvalue weighted by molar-refractivity contribution is 5.99. The first-order valence-electron chi connectivity index (χ1n) is 8.14. The lowest BCUT2D eigenvalue weighted by molar-refractivity contribution is -0.128. The van der Waals surface area contributed by atoms with Crippen LogP contribution in [0.15, 0.2) is 49.1 Å². The maximum Gasteiger partial charge on any atom is 0.249 e. The van der Waals surface area contributed by atoms with Crippen molar-refractivity contribution in [1.29, 1.82) is 0 Å². The van der Waals surface area contributed by atoms with Gasteiger partial charge in [-0.15, -0.1) is 0 Å². The molecule has 0 unspecified atom stereocenters. The number of carbonyl (C=O) groups is 2. The molecule has 0 aromatic carbocycles. The van der Waals surface area contributed by atoms with Crippen LogP contribution in [0.4, 0.5) is 5.69 Å². The maximum absolute atomic E-state index is 12.6. The van der Waals surface area contributed by atoms with Crippen LogP contribution in [0.25, 0.3) is 0 Å². The van der Waals surface area contributed by atoms with Crippen molar-refractivity contribution in [3.63, 3.8) is 0 Å². The Morgan fingerprint density at radius 1 is 1.21 bits per heavy atom. The van der Waals surface area contributed by atoms with Gasteiger partial charge in [-0.05, 0) is 49.1 Å². The van der Waals surface area contributed by atoms with E-state index >= 15 is 0 Å². The van der Waals surface area contributed by atoms with Crippen molar-refractivity contribution in [2.24, 2.45) is 0 Å². The van der Waals surface area contributed by atoms with Gasteiger partial charge in [0, 0.05) is 31.6 Å². The van der Waals surface area contributed by atoms with E-state index in [9.17, 15) is 9.59 Å². The molecule has 1 atom stereocenters. The van der Waals surface area contributed by atoms with E-state index in [1.807, 2.05) is 18.2 Å². The lowest BCUT2D eigenvalue weighted by Gasteiger charge is -2.32. The number of hydrogen-bond acceptors (Lipinski definition) is 4. The number of aromatic nitrogens is 2. The Morgan fingerprint density at radius 2 is 2.04 bits per heavy atom. The molecule has 2 amide bonds. The first-order chi connectivity index (χ1) is 11.7. The second-order valence-corrected chi connectivity index (χ2v) is 5.82. The van der Waals surface area contributed by atoms with E-state index in [1.54, 1.807) is 35.8 Å². The molecule has 0 saturated carbocycles. The van der Waals surface area contributed by atoms with Crippen LogP contribution in [-0.2, 0) is 16.0 Å². The van der Waals surface area contributed by atoms with Gasteiger partial charge in [-0.1, -0.05) is 0 Å². The van der Waals surface area contributed by atoms with E-state index in [4.69, 9.17) is 0 Å². The fraction of sp³-hybridized carbons (Fsp3) is 0.333. The Kier molecular flexibility index (Phi) is 5.15. The summed E-state index contributed by atoms with van der Waals surface area (Å²) in [6, 6.07) is 6.99. The molecule has 2 aromatic heterocycles. The molecule has 24 heavy (non-hydrogen) atoms. The lowest BCUT2D eigenvalue weighted by atomic mass is 10.0. The summed E-state index contributed by atoms with van der Waals surface area (Å²) in [6.45, 7) is 0.661. The van der Waals surface area contributed by atoms with Crippen molar-refractivity contribution in [2.75, 3.05) is 11.4 Å². The van der Waals surface area contributed by atoms with E-state index in [0.717, 1.165) is 17.7 Å². The third-order valence-corrected chi connectivity index (χ3v) is 4.12. The normalized spacial score (nSPS) is 17.6.